The van der Waals surface area contributed by atoms with Gasteiger partial charge in [-0.2, -0.15) is 0 Å². The average molecular weight is 367 g/mol. The largest absolute Gasteiger partial charge is 0.339 e. The lowest BCUT2D eigenvalue weighted by Gasteiger charge is -2.41. The maximum atomic E-state index is 12.3. The third-order valence-corrected chi connectivity index (χ3v) is 6.84. The van der Waals surface area contributed by atoms with Crippen LogP contribution in [0.3, 0.4) is 0 Å². The molecule has 1 aromatic carbocycles. The second-order valence-electron chi connectivity index (χ2n) is 7.58. The lowest BCUT2D eigenvalue weighted by atomic mass is 9.73. The summed E-state index contributed by atoms with van der Waals surface area (Å²) in [5.74, 6) is 1.74. The van der Waals surface area contributed by atoms with E-state index in [0.29, 0.717) is 39.9 Å². The number of rotatable bonds is 3. The highest BCUT2D eigenvalue weighted by Gasteiger charge is 2.46. The molecule has 2 heterocycles. The topological polar surface area (TPSA) is 32.3 Å². The van der Waals surface area contributed by atoms with Crippen LogP contribution in [0, 0.1) is 11.8 Å². The summed E-state index contributed by atoms with van der Waals surface area (Å²) in [7, 11) is 0. The van der Waals surface area contributed by atoms with Crippen LogP contribution in [0.5, 0.6) is 0 Å². The maximum absolute atomic E-state index is 12.3. The molecular weight excluding hydrogens is 343 g/mol. The summed E-state index contributed by atoms with van der Waals surface area (Å²) in [4.78, 5) is 14.5. The number of benzene rings is 1. The Morgan fingerprint density at radius 1 is 1.12 bits per heavy atom. The SMILES string of the molecule is O=C1CCC[C@@H]2CC(NCc3ccc(Cl)c(Cl)c3)C[C@@H]3CCN1[C@H]23. The molecule has 130 valence electrons. The predicted molar refractivity (Wildman–Crippen MR) is 97.3 cm³/mol. The molecule has 1 amide bonds. The van der Waals surface area contributed by atoms with Crippen molar-refractivity contribution < 1.29 is 4.79 Å². The third-order valence-electron chi connectivity index (χ3n) is 6.11. The van der Waals surface area contributed by atoms with Gasteiger partial charge in [0.05, 0.1) is 10.0 Å². The van der Waals surface area contributed by atoms with E-state index in [1.165, 1.54) is 31.2 Å². The lowest BCUT2D eigenvalue weighted by Crippen LogP contribution is -2.48. The first-order valence-corrected chi connectivity index (χ1v) is 9.84. The first-order chi connectivity index (χ1) is 11.6. The van der Waals surface area contributed by atoms with Gasteiger partial charge in [-0.25, -0.2) is 0 Å². The van der Waals surface area contributed by atoms with Gasteiger partial charge in [0.1, 0.15) is 0 Å². The van der Waals surface area contributed by atoms with Crippen LogP contribution in [-0.4, -0.2) is 29.4 Å². The van der Waals surface area contributed by atoms with Gasteiger partial charge in [-0.15, -0.1) is 0 Å². The van der Waals surface area contributed by atoms with Crippen molar-refractivity contribution in [1.82, 2.24) is 10.2 Å². The second kappa shape index (κ2) is 6.86. The molecule has 24 heavy (non-hydrogen) atoms. The molecule has 4 atom stereocenters. The summed E-state index contributed by atoms with van der Waals surface area (Å²) >= 11 is 12.1. The molecule has 1 aliphatic carbocycles. The zero-order chi connectivity index (χ0) is 16.7. The number of amides is 1. The highest BCUT2D eigenvalue weighted by atomic mass is 35.5. The molecule has 2 aliphatic heterocycles. The van der Waals surface area contributed by atoms with Crippen LogP contribution in [-0.2, 0) is 11.3 Å². The molecule has 3 aliphatic rings. The summed E-state index contributed by atoms with van der Waals surface area (Å²) in [6.07, 6.45) is 6.56. The fourth-order valence-corrected chi connectivity index (χ4v) is 5.38. The van der Waals surface area contributed by atoms with Crippen molar-refractivity contribution in [3.05, 3.63) is 33.8 Å². The zero-order valence-corrected chi connectivity index (χ0v) is 15.3. The molecule has 1 saturated carbocycles. The van der Waals surface area contributed by atoms with Crippen LogP contribution in [0.4, 0.5) is 0 Å². The van der Waals surface area contributed by atoms with Gasteiger partial charge in [-0.05, 0) is 61.6 Å². The highest BCUT2D eigenvalue weighted by molar-refractivity contribution is 6.42. The van der Waals surface area contributed by atoms with Gasteiger partial charge in [0.25, 0.3) is 0 Å². The van der Waals surface area contributed by atoms with Crippen LogP contribution in [0.1, 0.15) is 44.1 Å². The Bertz CT molecular complexity index is 636. The first kappa shape index (κ1) is 16.7. The summed E-state index contributed by atoms with van der Waals surface area (Å²) in [6.45, 7) is 1.80. The van der Waals surface area contributed by atoms with Crippen molar-refractivity contribution in [3.63, 3.8) is 0 Å². The maximum Gasteiger partial charge on any atom is 0.222 e. The monoisotopic (exact) mass is 366 g/mol. The number of hydrogen-bond donors (Lipinski definition) is 1. The number of halogens is 2. The molecule has 5 heteroatoms. The molecule has 0 radical (unpaired) electrons. The van der Waals surface area contributed by atoms with E-state index in [0.717, 1.165) is 25.9 Å². The molecule has 4 rings (SSSR count). The quantitative estimate of drug-likeness (QED) is 0.866. The molecule has 0 spiro atoms. The molecule has 1 unspecified atom stereocenters. The molecule has 0 aromatic heterocycles. The first-order valence-electron chi connectivity index (χ1n) is 9.08. The van der Waals surface area contributed by atoms with Crippen molar-refractivity contribution in [2.75, 3.05) is 6.54 Å². The minimum atomic E-state index is 0.396. The van der Waals surface area contributed by atoms with E-state index < -0.39 is 0 Å². The van der Waals surface area contributed by atoms with E-state index >= 15 is 0 Å². The van der Waals surface area contributed by atoms with Crippen LogP contribution in [0.15, 0.2) is 18.2 Å². The van der Waals surface area contributed by atoms with E-state index in [1.54, 1.807) is 0 Å². The molecule has 3 fully saturated rings. The molecule has 1 N–H and O–H groups in total. The molecule has 0 bridgehead atoms. The molecule has 3 nitrogen and oxygen atoms in total. The Kier molecular flexibility index (Phi) is 4.77. The summed E-state index contributed by atoms with van der Waals surface area (Å²) < 4.78 is 0. The number of nitrogens with zero attached hydrogens (tertiary/aromatic N) is 1. The molecular formula is C19H24Cl2N2O. The Hall–Kier alpha value is -0.770. The van der Waals surface area contributed by atoms with E-state index in [4.69, 9.17) is 23.2 Å². The van der Waals surface area contributed by atoms with Gasteiger partial charge >= 0.3 is 0 Å². The minimum Gasteiger partial charge on any atom is -0.339 e. The third kappa shape index (κ3) is 3.18. The standard InChI is InChI=1S/C19H24Cl2N2O/c20-16-5-4-12(8-17(16)21)11-22-15-9-13-2-1-3-18(24)23-7-6-14(10-15)19(13)23/h4-5,8,13-15,19,22H,1-3,6-7,9-11H2/t13-,14+,15?,19-/m1/s1. The Morgan fingerprint density at radius 3 is 2.71 bits per heavy atom. The van der Waals surface area contributed by atoms with Gasteiger partial charge in [0.15, 0.2) is 0 Å². The Labute approximate surface area is 153 Å². The zero-order valence-electron chi connectivity index (χ0n) is 13.8. The highest BCUT2D eigenvalue weighted by Crippen LogP contribution is 2.43. The Balaban J connectivity index is 1.41. The van der Waals surface area contributed by atoms with Crippen LogP contribution in [0.25, 0.3) is 0 Å². The fraction of sp³-hybridized carbons (Fsp3) is 0.632. The van der Waals surface area contributed by atoms with Gasteiger partial charge in [0.2, 0.25) is 5.91 Å². The van der Waals surface area contributed by atoms with Crippen molar-refractivity contribution in [1.29, 1.82) is 0 Å². The van der Waals surface area contributed by atoms with Crippen molar-refractivity contribution in [3.8, 4) is 0 Å². The van der Waals surface area contributed by atoms with Crippen molar-refractivity contribution >= 4 is 29.1 Å². The lowest BCUT2D eigenvalue weighted by molar-refractivity contribution is -0.132. The normalized spacial score (nSPS) is 32.6. The number of hydrogen-bond acceptors (Lipinski definition) is 2. The van der Waals surface area contributed by atoms with Crippen LogP contribution < -0.4 is 5.32 Å². The van der Waals surface area contributed by atoms with E-state index in [9.17, 15) is 4.79 Å². The van der Waals surface area contributed by atoms with Gasteiger partial charge < -0.3 is 10.2 Å². The summed E-state index contributed by atoms with van der Waals surface area (Å²) in [6, 6.07) is 6.91. The van der Waals surface area contributed by atoms with Gasteiger partial charge in [-0.3, -0.25) is 4.79 Å². The number of carbonyl (C=O) groups is 1. The van der Waals surface area contributed by atoms with Crippen LogP contribution in [0.2, 0.25) is 10.0 Å². The van der Waals surface area contributed by atoms with E-state index in [2.05, 4.69) is 10.2 Å². The van der Waals surface area contributed by atoms with Gasteiger partial charge in [0, 0.05) is 31.6 Å². The molecule has 2 saturated heterocycles. The average Bonchev–Trinajstić information content (AvgIpc) is 2.92. The van der Waals surface area contributed by atoms with Crippen LogP contribution >= 0.6 is 23.2 Å². The molecule has 1 aromatic rings. The predicted octanol–water partition coefficient (Wildman–Crippen LogP) is 4.26. The number of carbonyl (C=O) groups excluding carboxylic acids is 1. The number of nitrogens with one attached hydrogen (secondary N) is 1. The van der Waals surface area contributed by atoms with E-state index in [1.807, 2.05) is 18.2 Å². The minimum absolute atomic E-state index is 0.396. The second-order valence-corrected chi connectivity index (χ2v) is 8.39. The fourth-order valence-electron chi connectivity index (χ4n) is 5.06. The Morgan fingerprint density at radius 2 is 1.92 bits per heavy atom. The summed E-state index contributed by atoms with van der Waals surface area (Å²) in [5, 5.41) is 4.95. The van der Waals surface area contributed by atoms with Crippen molar-refractivity contribution in [2.45, 2.75) is 57.2 Å². The van der Waals surface area contributed by atoms with Gasteiger partial charge in [-0.1, -0.05) is 29.3 Å². The summed E-state index contributed by atoms with van der Waals surface area (Å²) in [5.41, 5.74) is 1.18. The van der Waals surface area contributed by atoms with E-state index in [-0.39, 0.29) is 0 Å². The smallest absolute Gasteiger partial charge is 0.222 e. The van der Waals surface area contributed by atoms with Crippen molar-refractivity contribution in [2.24, 2.45) is 11.8 Å².